The highest BCUT2D eigenvalue weighted by atomic mass is 35.5. The number of hydrogen-bond donors (Lipinski definition) is 1. The summed E-state index contributed by atoms with van der Waals surface area (Å²) in [5.41, 5.74) is 0. The lowest BCUT2D eigenvalue weighted by Gasteiger charge is -2.13. The molecule has 4 nitrogen and oxygen atoms in total. The van der Waals surface area contributed by atoms with Gasteiger partial charge in [-0.2, -0.15) is 0 Å². The highest BCUT2D eigenvalue weighted by Gasteiger charge is 2.20. The van der Waals surface area contributed by atoms with Crippen LogP contribution in [0.5, 0.6) is 5.75 Å². The molecule has 1 atom stereocenters. The third kappa shape index (κ3) is 5.26. The molecule has 0 spiro atoms. The lowest BCUT2D eigenvalue weighted by atomic mass is 10.3. The second kappa shape index (κ2) is 7.73. The van der Waals surface area contributed by atoms with Crippen molar-refractivity contribution in [1.82, 2.24) is 0 Å². The number of sulfone groups is 1. The number of aliphatic hydroxyl groups is 1. The maximum atomic E-state index is 12.2. The van der Waals surface area contributed by atoms with Crippen molar-refractivity contribution in [1.29, 1.82) is 0 Å². The van der Waals surface area contributed by atoms with Gasteiger partial charge in [0.2, 0.25) is 0 Å². The molecule has 2 rings (SSSR count). The van der Waals surface area contributed by atoms with Gasteiger partial charge in [0.15, 0.2) is 9.84 Å². The predicted octanol–water partition coefficient (Wildman–Crippen LogP) is 3.86. The van der Waals surface area contributed by atoms with Gasteiger partial charge in [-0.15, -0.1) is 0 Å². The Morgan fingerprint density at radius 1 is 1.00 bits per heavy atom. The van der Waals surface area contributed by atoms with Gasteiger partial charge >= 0.3 is 0 Å². The van der Waals surface area contributed by atoms with E-state index in [-0.39, 0.29) is 11.5 Å². The molecule has 2 aromatic carbocycles. The molecule has 0 saturated carbocycles. The van der Waals surface area contributed by atoms with Crippen molar-refractivity contribution in [2.45, 2.75) is 11.0 Å². The molecular weight excluding hydrogens is 383 g/mol. The zero-order valence-electron chi connectivity index (χ0n) is 11.7. The minimum absolute atomic E-state index is 0.0930. The molecule has 1 unspecified atom stereocenters. The maximum absolute atomic E-state index is 12.2. The first-order valence-electron chi connectivity index (χ1n) is 6.52. The highest BCUT2D eigenvalue weighted by Crippen LogP contribution is 2.26. The summed E-state index contributed by atoms with van der Waals surface area (Å²) < 4.78 is 29.7. The standard InChI is InChI=1S/C15H13Cl3O4S/c16-10-1-4-13(5-2-10)23(20,21)9-11(19)8-22-12-3-6-14(17)15(18)7-12/h1-7,11,19H,8-9H2. The van der Waals surface area contributed by atoms with Gasteiger partial charge in [-0.25, -0.2) is 8.42 Å². The van der Waals surface area contributed by atoms with Gasteiger partial charge in [-0.3, -0.25) is 0 Å². The average molecular weight is 396 g/mol. The molecule has 124 valence electrons. The van der Waals surface area contributed by atoms with E-state index in [1.807, 2.05) is 0 Å². The third-order valence-electron chi connectivity index (χ3n) is 2.92. The first-order valence-corrected chi connectivity index (χ1v) is 9.31. The summed E-state index contributed by atoms with van der Waals surface area (Å²) >= 11 is 17.4. The van der Waals surface area contributed by atoms with E-state index in [1.165, 1.54) is 30.3 Å². The van der Waals surface area contributed by atoms with E-state index >= 15 is 0 Å². The Balaban J connectivity index is 1.97. The fourth-order valence-corrected chi connectivity index (χ4v) is 3.56. The number of hydrogen-bond acceptors (Lipinski definition) is 4. The largest absolute Gasteiger partial charge is 0.491 e. The molecular formula is C15H13Cl3O4S. The molecule has 8 heteroatoms. The topological polar surface area (TPSA) is 63.6 Å². The summed E-state index contributed by atoms with van der Waals surface area (Å²) in [5, 5.41) is 11.0. The van der Waals surface area contributed by atoms with E-state index in [1.54, 1.807) is 12.1 Å². The van der Waals surface area contributed by atoms with Crippen molar-refractivity contribution in [3.05, 3.63) is 57.5 Å². The molecule has 0 aromatic heterocycles. The Morgan fingerprint density at radius 3 is 2.26 bits per heavy atom. The predicted molar refractivity (Wildman–Crippen MR) is 91.5 cm³/mol. The Bertz CT molecular complexity index is 776. The van der Waals surface area contributed by atoms with E-state index in [9.17, 15) is 13.5 Å². The van der Waals surface area contributed by atoms with E-state index in [0.717, 1.165) is 0 Å². The smallest absolute Gasteiger partial charge is 0.181 e. The van der Waals surface area contributed by atoms with Crippen LogP contribution in [-0.2, 0) is 9.84 Å². The van der Waals surface area contributed by atoms with Gasteiger partial charge in [0.05, 0.1) is 20.7 Å². The Labute approximate surface area is 149 Å². The second-order valence-corrected chi connectivity index (χ2v) is 8.06. The summed E-state index contributed by atoms with van der Waals surface area (Å²) in [4.78, 5) is 0.0930. The van der Waals surface area contributed by atoms with Gasteiger partial charge in [-0.1, -0.05) is 34.8 Å². The lowest BCUT2D eigenvalue weighted by molar-refractivity contribution is 0.125. The molecule has 23 heavy (non-hydrogen) atoms. The summed E-state index contributed by atoms with van der Waals surface area (Å²) in [6, 6.07) is 10.4. The number of aliphatic hydroxyl groups excluding tert-OH is 1. The van der Waals surface area contributed by atoms with Crippen LogP contribution in [0.15, 0.2) is 47.4 Å². The fourth-order valence-electron chi connectivity index (χ4n) is 1.80. The summed E-state index contributed by atoms with van der Waals surface area (Å²) in [5.74, 6) is -0.0713. The van der Waals surface area contributed by atoms with Crippen molar-refractivity contribution in [3.8, 4) is 5.75 Å². The third-order valence-corrected chi connectivity index (χ3v) is 5.72. The van der Waals surface area contributed by atoms with Crippen LogP contribution in [-0.4, -0.2) is 32.0 Å². The Hall–Kier alpha value is -0.980. The van der Waals surface area contributed by atoms with Crippen LogP contribution in [0.1, 0.15) is 0 Å². The van der Waals surface area contributed by atoms with Gasteiger partial charge in [0.1, 0.15) is 18.5 Å². The number of ether oxygens (including phenoxy) is 1. The average Bonchev–Trinajstić information content (AvgIpc) is 2.48. The molecule has 0 saturated heterocycles. The highest BCUT2D eigenvalue weighted by molar-refractivity contribution is 7.91. The van der Waals surface area contributed by atoms with E-state index in [0.29, 0.717) is 20.8 Å². The molecule has 0 aliphatic heterocycles. The SMILES string of the molecule is O=S(=O)(CC(O)COc1ccc(Cl)c(Cl)c1)c1ccc(Cl)cc1. The lowest BCUT2D eigenvalue weighted by Crippen LogP contribution is -2.27. The quantitative estimate of drug-likeness (QED) is 0.806. The minimum atomic E-state index is -3.63. The van der Waals surface area contributed by atoms with Gasteiger partial charge < -0.3 is 9.84 Å². The van der Waals surface area contributed by atoms with Gasteiger partial charge in [0.25, 0.3) is 0 Å². The van der Waals surface area contributed by atoms with Crippen molar-refractivity contribution >= 4 is 44.6 Å². The van der Waals surface area contributed by atoms with Crippen molar-refractivity contribution in [2.75, 3.05) is 12.4 Å². The molecule has 0 fully saturated rings. The molecule has 0 radical (unpaired) electrons. The van der Waals surface area contributed by atoms with E-state index in [2.05, 4.69) is 0 Å². The summed E-state index contributed by atoms with van der Waals surface area (Å²) in [6.07, 6.45) is -1.19. The molecule has 1 N–H and O–H groups in total. The Morgan fingerprint density at radius 2 is 1.65 bits per heavy atom. The normalized spacial score (nSPS) is 12.9. The van der Waals surface area contributed by atoms with E-state index < -0.39 is 21.7 Å². The number of rotatable bonds is 6. The second-order valence-electron chi connectivity index (χ2n) is 4.78. The van der Waals surface area contributed by atoms with Crippen LogP contribution in [0.3, 0.4) is 0 Å². The van der Waals surface area contributed by atoms with Crippen LogP contribution >= 0.6 is 34.8 Å². The number of benzene rings is 2. The van der Waals surface area contributed by atoms with Crippen LogP contribution in [0.2, 0.25) is 15.1 Å². The first-order chi connectivity index (χ1) is 10.8. The molecule has 0 bridgehead atoms. The molecule has 0 aliphatic carbocycles. The molecule has 0 amide bonds. The van der Waals surface area contributed by atoms with Crippen molar-refractivity contribution < 1.29 is 18.3 Å². The number of halogens is 3. The summed E-state index contributed by atoms with van der Waals surface area (Å²) in [7, 11) is -3.63. The van der Waals surface area contributed by atoms with Crippen molar-refractivity contribution in [3.63, 3.8) is 0 Å². The maximum Gasteiger partial charge on any atom is 0.181 e. The Kier molecular flexibility index (Phi) is 6.17. The summed E-state index contributed by atoms with van der Waals surface area (Å²) in [6.45, 7) is -0.190. The molecule has 2 aromatic rings. The zero-order chi connectivity index (χ0) is 17.0. The van der Waals surface area contributed by atoms with Crippen LogP contribution in [0.25, 0.3) is 0 Å². The minimum Gasteiger partial charge on any atom is -0.491 e. The van der Waals surface area contributed by atoms with Gasteiger partial charge in [0, 0.05) is 11.1 Å². The van der Waals surface area contributed by atoms with Crippen LogP contribution in [0.4, 0.5) is 0 Å². The zero-order valence-corrected chi connectivity index (χ0v) is 14.8. The van der Waals surface area contributed by atoms with Crippen molar-refractivity contribution in [2.24, 2.45) is 0 Å². The first kappa shape index (κ1) is 18.4. The molecule has 0 aliphatic rings. The van der Waals surface area contributed by atoms with Crippen LogP contribution in [0, 0.1) is 0 Å². The van der Waals surface area contributed by atoms with Gasteiger partial charge in [-0.05, 0) is 36.4 Å². The fraction of sp³-hybridized carbons (Fsp3) is 0.200. The molecule has 0 heterocycles. The monoisotopic (exact) mass is 394 g/mol. The van der Waals surface area contributed by atoms with E-state index in [4.69, 9.17) is 39.5 Å². The van der Waals surface area contributed by atoms with Crippen LogP contribution < -0.4 is 4.74 Å².